The Kier molecular flexibility index (Phi) is 3.21. The fourth-order valence-corrected chi connectivity index (χ4v) is 1.48. The summed E-state index contributed by atoms with van der Waals surface area (Å²) >= 11 is 0. The van der Waals surface area contributed by atoms with Crippen molar-refractivity contribution in [3.8, 4) is 0 Å². The van der Waals surface area contributed by atoms with Crippen molar-refractivity contribution in [3.63, 3.8) is 0 Å². The van der Waals surface area contributed by atoms with Crippen LogP contribution in [0.2, 0.25) is 0 Å². The van der Waals surface area contributed by atoms with Gasteiger partial charge in [0, 0.05) is 11.9 Å². The minimum atomic E-state index is -1.16. The third kappa shape index (κ3) is 2.69. The van der Waals surface area contributed by atoms with E-state index >= 15 is 0 Å². The Hall–Kier alpha value is -1.72. The molecule has 0 saturated heterocycles. The van der Waals surface area contributed by atoms with Crippen molar-refractivity contribution in [3.05, 3.63) is 30.6 Å². The number of rotatable bonds is 4. The van der Waals surface area contributed by atoms with Crippen LogP contribution in [0.15, 0.2) is 30.6 Å². The number of aromatic nitrogens is 2. The second-order valence-electron chi connectivity index (χ2n) is 4.25. The van der Waals surface area contributed by atoms with Crippen LogP contribution in [0.3, 0.4) is 0 Å². The summed E-state index contributed by atoms with van der Waals surface area (Å²) in [6.07, 6.45) is 1.47. The first-order chi connectivity index (χ1) is 8.12. The van der Waals surface area contributed by atoms with Crippen molar-refractivity contribution >= 4 is 16.7 Å². The topological polar surface area (TPSA) is 78.3 Å². The maximum atomic E-state index is 9.70. The van der Waals surface area contributed by atoms with Crippen LogP contribution in [0.1, 0.15) is 6.92 Å². The van der Waals surface area contributed by atoms with Crippen molar-refractivity contribution < 1.29 is 10.2 Å². The van der Waals surface area contributed by atoms with Crippen LogP contribution in [-0.4, -0.2) is 38.9 Å². The summed E-state index contributed by atoms with van der Waals surface area (Å²) in [5.41, 5.74) is -0.319. The number of para-hydroxylation sites is 1. The monoisotopic (exact) mass is 233 g/mol. The van der Waals surface area contributed by atoms with Crippen LogP contribution in [-0.2, 0) is 0 Å². The summed E-state index contributed by atoms with van der Waals surface area (Å²) in [5, 5.41) is 22.6. The van der Waals surface area contributed by atoms with Gasteiger partial charge in [-0.3, -0.25) is 0 Å². The Bertz CT molecular complexity index is 509. The van der Waals surface area contributed by atoms with Crippen molar-refractivity contribution in [1.82, 2.24) is 9.97 Å². The molecule has 1 atom stereocenters. The average molecular weight is 233 g/mol. The minimum Gasteiger partial charge on any atom is -0.393 e. The van der Waals surface area contributed by atoms with Gasteiger partial charge in [-0.1, -0.05) is 12.1 Å². The first-order valence-electron chi connectivity index (χ1n) is 5.39. The number of fused-ring (bicyclic) bond motifs is 1. The summed E-state index contributed by atoms with van der Waals surface area (Å²) < 4.78 is 0. The molecular weight excluding hydrogens is 218 g/mol. The zero-order chi connectivity index (χ0) is 12.3. The lowest BCUT2D eigenvalue weighted by molar-refractivity contribution is 0.0132. The Morgan fingerprint density at radius 1 is 1.29 bits per heavy atom. The van der Waals surface area contributed by atoms with E-state index in [1.54, 1.807) is 6.92 Å². The maximum Gasteiger partial charge on any atom is 0.137 e. The van der Waals surface area contributed by atoms with E-state index in [0.29, 0.717) is 5.82 Å². The molecule has 5 heteroatoms. The van der Waals surface area contributed by atoms with E-state index in [2.05, 4.69) is 15.3 Å². The SMILES string of the molecule is CC(O)(CO)CNc1ncnc2ccccc12. The second-order valence-corrected chi connectivity index (χ2v) is 4.25. The highest BCUT2D eigenvalue weighted by molar-refractivity contribution is 5.88. The smallest absolute Gasteiger partial charge is 0.137 e. The summed E-state index contributed by atoms with van der Waals surface area (Å²) in [5.74, 6) is 0.657. The highest BCUT2D eigenvalue weighted by Crippen LogP contribution is 2.18. The number of aliphatic hydroxyl groups excluding tert-OH is 1. The summed E-state index contributed by atoms with van der Waals surface area (Å²) in [7, 11) is 0. The van der Waals surface area contributed by atoms with E-state index in [4.69, 9.17) is 5.11 Å². The molecule has 0 radical (unpaired) electrons. The van der Waals surface area contributed by atoms with Crippen LogP contribution < -0.4 is 5.32 Å². The number of anilines is 1. The molecule has 1 heterocycles. The van der Waals surface area contributed by atoms with Crippen molar-refractivity contribution in [2.75, 3.05) is 18.5 Å². The molecule has 17 heavy (non-hydrogen) atoms. The Morgan fingerprint density at radius 2 is 2.06 bits per heavy atom. The fourth-order valence-electron chi connectivity index (χ4n) is 1.48. The molecule has 1 unspecified atom stereocenters. The fraction of sp³-hybridized carbons (Fsp3) is 0.333. The predicted octanol–water partition coefficient (Wildman–Crippen LogP) is 0.785. The number of nitrogens with zero attached hydrogens (tertiary/aromatic N) is 2. The third-order valence-electron chi connectivity index (χ3n) is 2.52. The minimum absolute atomic E-state index is 0.227. The lowest BCUT2D eigenvalue weighted by Gasteiger charge is -2.21. The summed E-state index contributed by atoms with van der Waals surface area (Å²) in [6, 6.07) is 7.61. The van der Waals surface area contributed by atoms with Gasteiger partial charge in [0.2, 0.25) is 0 Å². The van der Waals surface area contributed by atoms with E-state index in [9.17, 15) is 5.11 Å². The van der Waals surface area contributed by atoms with Gasteiger partial charge < -0.3 is 15.5 Å². The predicted molar refractivity (Wildman–Crippen MR) is 65.7 cm³/mol. The van der Waals surface area contributed by atoms with Crippen LogP contribution in [0, 0.1) is 0 Å². The molecule has 0 saturated carbocycles. The van der Waals surface area contributed by atoms with E-state index < -0.39 is 5.60 Å². The molecule has 0 aliphatic rings. The van der Waals surface area contributed by atoms with Gasteiger partial charge in [0.1, 0.15) is 17.7 Å². The number of hydrogen-bond donors (Lipinski definition) is 3. The Morgan fingerprint density at radius 3 is 2.82 bits per heavy atom. The van der Waals surface area contributed by atoms with E-state index in [0.717, 1.165) is 10.9 Å². The molecule has 1 aromatic carbocycles. The first kappa shape index (κ1) is 11.8. The first-order valence-corrected chi connectivity index (χ1v) is 5.39. The zero-order valence-electron chi connectivity index (χ0n) is 9.59. The van der Waals surface area contributed by atoms with Crippen LogP contribution in [0.5, 0.6) is 0 Å². The molecule has 5 nitrogen and oxygen atoms in total. The Balaban J connectivity index is 2.24. The third-order valence-corrected chi connectivity index (χ3v) is 2.52. The second kappa shape index (κ2) is 4.65. The summed E-state index contributed by atoms with van der Waals surface area (Å²) in [4.78, 5) is 8.27. The maximum absolute atomic E-state index is 9.70. The van der Waals surface area contributed by atoms with Gasteiger partial charge in [-0.2, -0.15) is 0 Å². The van der Waals surface area contributed by atoms with Crippen molar-refractivity contribution in [1.29, 1.82) is 0 Å². The lowest BCUT2D eigenvalue weighted by Crippen LogP contribution is -2.37. The van der Waals surface area contributed by atoms with Gasteiger partial charge >= 0.3 is 0 Å². The molecule has 2 aromatic rings. The highest BCUT2D eigenvalue weighted by atomic mass is 16.3. The molecule has 0 amide bonds. The zero-order valence-corrected chi connectivity index (χ0v) is 9.59. The van der Waals surface area contributed by atoms with Crippen LogP contribution in [0.25, 0.3) is 10.9 Å². The van der Waals surface area contributed by atoms with Crippen molar-refractivity contribution in [2.45, 2.75) is 12.5 Å². The largest absolute Gasteiger partial charge is 0.393 e. The van der Waals surface area contributed by atoms with E-state index in [-0.39, 0.29) is 13.2 Å². The molecule has 0 spiro atoms. The van der Waals surface area contributed by atoms with Gasteiger partial charge in [-0.25, -0.2) is 9.97 Å². The number of benzene rings is 1. The van der Waals surface area contributed by atoms with Crippen molar-refractivity contribution in [2.24, 2.45) is 0 Å². The van der Waals surface area contributed by atoms with Gasteiger partial charge in [-0.05, 0) is 19.1 Å². The molecule has 90 valence electrons. The molecular formula is C12H15N3O2. The molecule has 0 fully saturated rings. The van der Waals surface area contributed by atoms with Crippen LogP contribution >= 0.6 is 0 Å². The molecule has 1 aromatic heterocycles. The molecule has 0 aliphatic carbocycles. The summed E-state index contributed by atoms with van der Waals surface area (Å²) in [6.45, 7) is 1.48. The standard InChI is InChI=1S/C12H15N3O2/c1-12(17,7-16)6-13-11-9-4-2-3-5-10(9)14-8-15-11/h2-5,8,16-17H,6-7H2,1H3,(H,13,14,15). The highest BCUT2D eigenvalue weighted by Gasteiger charge is 2.19. The molecule has 2 rings (SSSR count). The van der Waals surface area contributed by atoms with E-state index in [1.807, 2.05) is 24.3 Å². The molecule has 3 N–H and O–H groups in total. The van der Waals surface area contributed by atoms with Gasteiger partial charge in [0.05, 0.1) is 12.1 Å². The number of aliphatic hydroxyl groups is 2. The average Bonchev–Trinajstić information content (AvgIpc) is 2.36. The van der Waals surface area contributed by atoms with Crippen LogP contribution in [0.4, 0.5) is 5.82 Å². The van der Waals surface area contributed by atoms with E-state index in [1.165, 1.54) is 6.33 Å². The van der Waals surface area contributed by atoms with Gasteiger partial charge in [0.25, 0.3) is 0 Å². The quantitative estimate of drug-likeness (QED) is 0.727. The lowest BCUT2D eigenvalue weighted by atomic mass is 10.1. The van der Waals surface area contributed by atoms with Gasteiger partial charge in [0.15, 0.2) is 0 Å². The number of nitrogens with one attached hydrogen (secondary N) is 1. The number of hydrogen-bond acceptors (Lipinski definition) is 5. The van der Waals surface area contributed by atoms with Gasteiger partial charge in [-0.15, -0.1) is 0 Å². The Labute approximate surface area is 99.2 Å². The molecule has 0 aliphatic heterocycles. The normalized spacial score (nSPS) is 14.5. The molecule has 0 bridgehead atoms.